The van der Waals surface area contributed by atoms with E-state index in [2.05, 4.69) is 4.74 Å². The highest BCUT2D eigenvalue weighted by Crippen LogP contribution is 2.30. The normalized spacial score (nSPS) is 11.9. The Bertz CT molecular complexity index is 368. The Kier molecular flexibility index (Phi) is 4.01. The molecular weight excluding hydrogens is 247 g/mol. The fourth-order valence-corrected chi connectivity index (χ4v) is 1.36. The molecule has 0 spiro atoms. The first kappa shape index (κ1) is 13.1. The first-order valence-corrected chi connectivity index (χ1v) is 4.60. The quantitative estimate of drug-likeness (QED) is 0.843. The third-order valence-corrected chi connectivity index (χ3v) is 1.93. The standard InChI is InChI=1S/C9H9ClF3NO2/c1-14(15)5-6-2-3-8(7(10)4-6)16-9(11,12)13/h2-4,15H,5H2,1H3. The van der Waals surface area contributed by atoms with E-state index in [1.807, 2.05) is 0 Å². The van der Waals surface area contributed by atoms with Crippen molar-refractivity contribution >= 4 is 11.6 Å². The number of alkyl halides is 3. The monoisotopic (exact) mass is 255 g/mol. The van der Waals surface area contributed by atoms with Gasteiger partial charge >= 0.3 is 6.36 Å². The first-order valence-electron chi connectivity index (χ1n) is 4.22. The van der Waals surface area contributed by atoms with Crippen LogP contribution in [0.5, 0.6) is 5.75 Å². The number of halogens is 4. The van der Waals surface area contributed by atoms with Crippen molar-refractivity contribution in [3.63, 3.8) is 0 Å². The minimum absolute atomic E-state index is 0.156. The van der Waals surface area contributed by atoms with Gasteiger partial charge in [0.15, 0.2) is 0 Å². The zero-order valence-corrected chi connectivity index (χ0v) is 9.01. The molecule has 90 valence electrons. The SMILES string of the molecule is CN(O)Cc1ccc(OC(F)(F)F)c(Cl)c1. The molecule has 0 aliphatic heterocycles. The van der Waals surface area contributed by atoms with Gasteiger partial charge in [0.2, 0.25) is 0 Å². The molecule has 1 aromatic carbocycles. The number of hydrogen-bond donors (Lipinski definition) is 1. The Morgan fingerprint density at radius 3 is 2.50 bits per heavy atom. The van der Waals surface area contributed by atoms with Crippen molar-refractivity contribution < 1.29 is 23.1 Å². The minimum Gasteiger partial charge on any atom is -0.404 e. The highest BCUT2D eigenvalue weighted by atomic mass is 35.5. The molecule has 0 aromatic heterocycles. The van der Waals surface area contributed by atoms with Crippen LogP contribution in [-0.2, 0) is 6.54 Å². The van der Waals surface area contributed by atoms with Crippen molar-refractivity contribution in [1.82, 2.24) is 5.06 Å². The summed E-state index contributed by atoms with van der Waals surface area (Å²) in [4.78, 5) is 0. The van der Waals surface area contributed by atoms with Gasteiger partial charge in [0.05, 0.1) is 5.02 Å². The number of hydrogen-bond acceptors (Lipinski definition) is 3. The maximum Gasteiger partial charge on any atom is 0.573 e. The van der Waals surface area contributed by atoms with Crippen molar-refractivity contribution in [3.8, 4) is 5.75 Å². The molecule has 3 nitrogen and oxygen atoms in total. The number of hydroxylamine groups is 2. The van der Waals surface area contributed by atoms with Gasteiger partial charge in [0, 0.05) is 13.6 Å². The van der Waals surface area contributed by atoms with Crippen LogP contribution in [0.4, 0.5) is 13.2 Å². The Balaban J connectivity index is 2.83. The zero-order chi connectivity index (χ0) is 12.3. The van der Waals surface area contributed by atoms with Crippen molar-refractivity contribution in [2.24, 2.45) is 0 Å². The van der Waals surface area contributed by atoms with E-state index < -0.39 is 12.1 Å². The number of nitrogens with zero attached hydrogens (tertiary/aromatic N) is 1. The van der Waals surface area contributed by atoms with Crippen LogP contribution in [0.2, 0.25) is 5.02 Å². The minimum atomic E-state index is -4.76. The topological polar surface area (TPSA) is 32.7 Å². The van der Waals surface area contributed by atoms with Crippen LogP contribution in [0.25, 0.3) is 0 Å². The number of rotatable bonds is 3. The Morgan fingerprint density at radius 1 is 1.44 bits per heavy atom. The van der Waals surface area contributed by atoms with Crippen molar-refractivity contribution in [3.05, 3.63) is 28.8 Å². The summed E-state index contributed by atoms with van der Waals surface area (Å²) >= 11 is 5.59. The van der Waals surface area contributed by atoms with Gasteiger partial charge in [0.1, 0.15) is 5.75 Å². The Morgan fingerprint density at radius 2 is 2.06 bits per heavy atom. The molecule has 0 bridgehead atoms. The van der Waals surface area contributed by atoms with E-state index in [1.54, 1.807) is 0 Å². The van der Waals surface area contributed by atoms with E-state index in [4.69, 9.17) is 16.8 Å². The predicted molar refractivity (Wildman–Crippen MR) is 51.4 cm³/mol. The van der Waals surface area contributed by atoms with Gasteiger partial charge < -0.3 is 9.94 Å². The molecule has 0 saturated carbocycles. The maximum absolute atomic E-state index is 11.9. The van der Waals surface area contributed by atoms with Crippen LogP contribution < -0.4 is 4.74 Å². The van der Waals surface area contributed by atoms with Crippen molar-refractivity contribution in [2.45, 2.75) is 12.9 Å². The number of ether oxygens (including phenoxy) is 1. The number of benzene rings is 1. The average molecular weight is 256 g/mol. The maximum atomic E-state index is 11.9. The lowest BCUT2D eigenvalue weighted by Crippen LogP contribution is -2.17. The Labute approximate surface area is 94.9 Å². The average Bonchev–Trinajstić information content (AvgIpc) is 2.06. The summed E-state index contributed by atoms with van der Waals surface area (Å²) in [6.45, 7) is 0.159. The van der Waals surface area contributed by atoms with E-state index in [0.29, 0.717) is 5.56 Å². The van der Waals surface area contributed by atoms with E-state index in [-0.39, 0.29) is 11.6 Å². The summed E-state index contributed by atoms with van der Waals surface area (Å²) in [6, 6.07) is 3.80. The van der Waals surface area contributed by atoms with Gasteiger partial charge in [-0.2, -0.15) is 5.06 Å². The second-order valence-electron chi connectivity index (χ2n) is 3.13. The lowest BCUT2D eigenvalue weighted by molar-refractivity contribution is -0.274. The largest absolute Gasteiger partial charge is 0.573 e. The van der Waals surface area contributed by atoms with Crippen LogP contribution >= 0.6 is 11.6 Å². The summed E-state index contributed by atoms with van der Waals surface area (Å²) in [5, 5.41) is 9.66. The van der Waals surface area contributed by atoms with E-state index >= 15 is 0 Å². The zero-order valence-electron chi connectivity index (χ0n) is 8.25. The van der Waals surface area contributed by atoms with E-state index in [1.165, 1.54) is 19.2 Å². The van der Waals surface area contributed by atoms with Gasteiger partial charge in [-0.15, -0.1) is 13.2 Å². The van der Waals surface area contributed by atoms with Crippen LogP contribution in [0, 0.1) is 0 Å². The third kappa shape index (κ3) is 4.26. The molecule has 0 aliphatic rings. The lowest BCUT2D eigenvalue weighted by atomic mass is 10.2. The highest BCUT2D eigenvalue weighted by Gasteiger charge is 2.31. The molecule has 1 N–H and O–H groups in total. The molecule has 1 aromatic rings. The van der Waals surface area contributed by atoms with E-state index in [0.717, 1.165) is 11.1 Å². The molecule has 0 fully saturated rings. The van der Waals surface area contributed by atoms with E-state index in [9.17, 15) is 13.2 Å². The molecule has 0 saturated heterocycles. The van der Waals surface area contributed by atoms with Gasteiger partial charge in [-0.3, -0.25) is 0 Å². The molecule has 0 atom stereocenters. The summed E-state index contributed by atoms with van der Waals surface area (Å²) in [5.41, 5.74) is 0.574. The molecule has 0 aliphatic carbocycles. The second kappa shape index (κ2) is 4.90. The summed E-state index contributed by atoms with van der Waals surface area (Å²) in [7, 11) is 1.41. The summed E-state index contributed by atoms with van der Waals surface area (Å²) < 4.78 is 39.4. The predicted octanol–water partition coefficient (Wildman–Crippen LogP) is 3.06. The summed E-state index contributed by atoms with van der Waals surface area (Å²) in [6.07, 6.45) is -4.76. The molecular formula is C9H9ClF3NO2. The summed E-state index contributed by atoms with van der Waals surface area (Å²) in [5.74, 6) is -0.460. The molecule has 0 amide bonds. The smallest absolute Gasteiger partial charge is 0.404 e. The van der Waals surface area contributed by atoms with Gasteiger partial charge in [-0.25, -0.2) is 0 Å². The van der Waals surface area contributed by atoms with Gasteiger partial charge in [-0.05, 0) is 17.7 Å². The molecule has 7 heteroatoms. The Hall–Kier alpha value is -0.980. The first-order chi connectivity index (χ1) is 7.28. The van der Waals surface area contributed by atoms with Crippen LogP contribution in [-0.4, -0.2) is 23.7 Å². The van der Waals surface area contributed by atoms with Crippen LogP contribution in [0.1, 0.15) is 5.56 Å². The van der Waals surface area contributed by atoms with Crippen LogP contribution in [0.3, 0.4) is 0 Å². The lowest BCUT2D eigenvalue weighted by Gasteiger charge is -2.12. The molecule has 0 radical (unpaired) electrons. The van der Waals surface area contributed by atoms with Gasteiger partial charge in [0.25, 0.3) is 0 Å². The second-order valence-corrected chi connectivity index (χ2v) is 3.54. The van der Waals surface area contributed by atoms with Crippen molar-refractivity contribution in [2.75, 3.05) is 7.05 Å². The molecule has 1 rings (SSSR count). The molecule has 0 unspecified atom stereocenters. The van der Waals surface area contributed by atoms with Crippen LogP contribution in [0.15, 0.2) is 18.2 Å². The fraction of sp³-hybridized carbons (Fsp3) is 0.333. The molecule has 0 heterocycles. The third-order valence-electron chi connectivity index (χ3n) is 1.63. The van der Waals surface area contributed by atoms with Gasteiger partial charge in [-0.1, -0.05) is 17.7 Å². The van der Waals surface area contributed by atoms with Crippen molar-refractivity contribution in [1.29, 1.82) is 0 Å². The molecule has 16 heavy (non-hydrogen) atoms. The fourth-order valence-electron chi connectivity index (χ4n) is 1.11. The highest BCUT2D eigenvalue weighted by molar-refractivity contribution is 6.32.